The minimum atomic E-state index is -0.603. The quantitative estimate of drug-likeness (QED) is 0.0548. The van der Waals surface area contributed by atoms with Gasteiger partial charge in [-0.2, -0.15) is 0 Å². The third-order valence-corrected chi connectivity index (χ3v) is 26.2. The van der Waals surface area contributed by atoms with E-state index in [0.717, 1.165) is 127 Å². The Morgan fingerprint density at radius 2 is 0.699 bits per heavy atom. The molecule has 0 bridgehead atoms. The number of H-pyrrole nitrogens is 2. The molecule has 0 saturated heterocycles. The number of furan rings is 1. The van der Waals surface area contributed by atoms with E-state index in [-0.39, 0.29) is 38.9 Å². The molecule has 0 fully saturated rings. The van der Waals surface area contributed by atoms with Gasteiger partial charge in [-0.3, -0.25) is 57.7 Å². The van der Waals surface area contributed by atoms with E-state index in [1.54, 1.807) is 104 Å². The van der Waals surface area contributed by atoms with Gasteiger partial charge in [0, 0.05) is 84.1 Å². The summed E-state index contributed by atoms with van der Waals surface area (Å²) in [6.07, 6.45) is 18.3. The van der Waals surface area contributed by atoms with Crippen LogP contribution in [0.2, 0.25) is 0 Å². The van der Waals surface area contributed by atoms with Crippen LogP contribution in [0.3, 0.4) is 0 Å². The van der Waals surface area contributed by atoms with Gasteiger partial charge >= 0.3 is 10.9 Å². The number of aryl methyl sites for hydroxylation is 4. The van der Waals surface area contributed by atoms with E-state index in [4.69, 9.17) is 24.1 Å². The molecule has 12 aromatic carbocycles. The number of hydrogen-bond donors (Lipinski definition) is 2. The molecule has 0 aliphatic rings. The minimum absolute atomic E-state index is 0.0589. The summed E-state index contributed by atoms with van der Waals surface area (Å²) in [5, 5.41) is 30.3. The smallest absolute Gasteiger partial charge is 0.433 e. The van der Waals surface area contributed by atoms with Crippen LogP contribution in [0.4, 0.5) is 10.9 Å². The molecular weight excluding hydrogens is 1880 g/mol. The average Bonchev–Trinajstić information content (AvgIpc) is 1.74. The lowest BCUT2D eigenvalue weighted by atomic mass is 10.1. The van der Waals surface area contributed by atoms with Gasteiger partial charge in [-0.15, -0.1) is 22.7 Å². The van der Waals surface area contributed by atoms with Crippen molar-refractivity contribution >= 4 is 159 Å². The molecule has 2 N–H and O–H groups in total. The van der Waals surface area contributed by atoms with Crippen LogP contribution in [0.1, 0.15) is 110 Å². The zero-order valence-corrected chi connectivity index (χ0v) is 81.3. The van der Waals surface area contributed by atoms with Crippen LogP contribution >= 0.6 is 34.0 Å². The molecule has 25 heteroatoms. The van der Waals surface area contributed by atoms with Gasteiger partial charge in [-0.05, 0) is 309 Å². The number of thiophene rings is 3. The van der Waals surface area contributed by atoms with Crippen molar-refractivity contribution in [1.29, 1.82) is 0 Å². The molecule has 0 aliphatic carbocycles. The normalized spacial score (nSPS) is 11.1. The van der Waals surface area contributed by atoms with Crippen molar-refractivity contribution in [2.75, 3.05) is 7.11 Å². The lowest BCUT2D eigenvalue weighted by molar-refractivity contribution is -0.402. The zero-order valence-electron chi connectivity index (χ0n) is 78.8. The third-order valence-electron chi connectivity index (χ3n) is 23.7. The van der Waals surface area contributed by atoms with Gasteiger partial charge in [0.25, 0.3) is 22.2 Å². The molecule has 10 aromatic heterocycles. The van der Waals surface area contributed by atoms with Gasteiger partial charge in [0.15, 0.2) is 0 Å². The van der Waals surface area contributed by atoms with E-state index >= 15 is 0 Å². The number of nitrogens with one attached hydrogen (secondary N) is 2. The van der Waals surface area contributed by atoms with Crippen molar-refractivity contribution in [2.45, 2.75) is 27.7 Å². The molecule has 10 heterocycles. The Morgan fingerprint density at radius 1 is 0.336 bits per heavy atom. The summed E-state index contributed by atoms with van der Waals surface area (Å²) in [5.41, 5.74) is 17.8. The van der Waals surface area contributed by atoms with Crippen molar-refractivity contribution in [2.24, 2.45) is 0 Å². The Kier molecular flexibility index (Phi) is 28.4. The molecule has 0 atom stereocenters. The first-order chi connectivity index (χ1) is 71.3. The number of ether oxygens (including phenoxy) is 1. The van der Waals surface area contributed by atoms with Crippen LogP contribution in [0.5, 0.6) is 5.75 Å². The van der Waals surface area contributed by atoms with E-state index in [9.17, 15) is 39.4 Å². The average molecular weight is 1960 g/mol. The Hall–Kier alpha value is -19.5. The topological polar surface area (TPSA) is 280 Å². The van der Waals surface area contributed by atoms with Crippen molar-refractivity contribution < 1.29 is 19.0 Å². The number of aromatic nitrogens is 10. The maximum Gasteiger partial charge on any atom is 0.433 e. The first-order valence-electron chi connectivity index (χ1n) is 46.0. The number of aromatic amines is 2. The second-order valence-electron chi connectivity index (χ2n) is 33.3. The van der Waals surface area contributed by atoms with Gasteiger partial charge in [0.1, 0.15) is 39.7 Å². The fourth-order valence-corrected chi connectivity index (χ4v) is 18.4. The Bertz CT molecular complexity index is 9260. The van der Waals surface area contributed by atoms with Gasteiger partial charge < -0.3 is 19.1 Å². The first-order valence-corrected chi connectivity index (χ1v) is 48.5. The predicted octanol–water partition coefficient (Wildman–Crippen LogP) is 25.6. The van der Waals surface area contributed by atoms with E-state index in [1.165, 1.54) is 22.8 Å². The molecule has 22 nitrogen and oxygen atoms in total. The second kappa shape index (κ2) is 43.5. The van der Waals surface area contributed by atoms with Gasteiger partial charge in [0.05, 0.1) is 94.2 Å². The van der Waals surface area contributed by atoms with Crippen LogP contribution in [-0.4, -0.2) is 65.1 Å². The lowest BCUT2D eigenvalue weighted by Crippen LogP contribution is -2.23. The highest BCUT2D eigenvalue weighted by molar-refractivity contribution is 7.16. The van der Waals surface area contributed by atoms with Gasteiger partial charge in [-0.1, -0.05) is 174 Å². The molecule has 0 radical (unpaired) electrons. The van der Waals surface area contributed by atoms with Crippen LogP contribution in [0, 0.1) is 95.3 Å². The minimum Gasteiger partial charge on any atom is -0.497 e. The van der Waals surface area contributed by atoms with Crippen LogP contribution in [-0.2, 0) is 0 Å². The molecular formula is C121H82N12O10S3. The van der Waals surface area contributed by atoms with Crippen molar-refractivity contribution in [3.8, 4) is 75.9 Å². The number of nitrogens with zero attached hydrogens (tertiary/aromatic N) is 10. The first kappa shape index (κ1) is 95.4. The summed E-state index contributed by atoms with van der Waals surface area (Å²) >= 11 is 4.23. The summed E-state index contributed by atoms with van der Waals surface area (Å²) in [6.45, 7) is 7.84. The summed E-state index contributed by atoms with van der Waals surface area (Å²) in [6, 6.07) is 100.0. The maximum atomic E-state index is 13.8. The van der Waals surface area contributed by atoms with Gasteiger partial charge in [-0.25, -0.2) is 19.9 Å². The molecule has 146 heavy (non-hydrogen) atoms. The number of rotatable bonds is 15. The number of hydrogen-bond acceptors (Lipinski definition) is 17. The fourth-order valence-electron chi connectivity index (χ4n) is 16.5. The molecule has 22 aromatic rings. The number of methoxy groups -OCH3 is 1. The standard InChI is InChI=1S/C34H25N3O2.C33H23N3O.C27H17N3O4S.C27H17N3O3S2/c1-23-20-25(13-12-24-8-4-3-5-9-24)14-18-32(23)37-33(36-31-11-7-6-10-28(31)34(37)38)19-15-26-22-35-30-17-16-27(39-2)21-29(26)30;1-23-21-25(16-15-24-9-3-2-4-10-24)17-19-31(23)36-32(35-30-14-8-6-12-28(30)33(36)37)20-18-26-22-34-29-13-7-5-11-27(26)29;1-18-17-19(8-12-21-5-4-16-35-21)9-13-24(18)29-25(14-10-20-11-15-26(34-20)30(32)33)28-23-7-3-2-6-22(23)27(29)31;1-18-17-19(8-10-20-5-4-16-34-20)9-13-24(18)29-25(14-11-21-12-15-26(35-21)30(32)33)28-23-7-3-2-6-22(23)27(29)31/h3-11,14-22,35H,1-2H3;2-14,17-22,34H,1H3;2-7,9-11,13-17H,1H3;2-7,9,11-17H,1H3/b19-15+;20-18+;14-10+;14-11+. The number of benzene rings is 12. The molecule has 0 unspecified atom stereocenters. The number of nitro groups is 2. The third kappa shape index (κ3) is 21.6. The summed E-state index contributed by atoms with van der Waals surface area (Å²) < 4.78 is 17.1. The van der Waals surface area contributed by atoms with Crippen molar-refractivity contribution in [1.82, 2.24) is 48.2 Å². The molecule has 704 valence electrons. The highest BCUT2D eigenvalue weighted by Gasteiger charge is 2.21. The summed E-state index contributed by atoms with van der Waals surface area (Å²) in [7, 11) is 1.65. The highest BCUT2D eigenvalue weighted by atomic mass is 32.1. The van der Waals surface area contributed by atoms with E-state index < -0.39 is 9.85 Å². The van der Waals surface area contributed by atoms with Crippen LogP contribution < -0.4 is 27.0 Å². The van der Waals surface area contributed by atoms with Crippen molar-refractivity contribution in [3.63, 3.8) is 0 Å². The monoisotopic (exact) mass is 1960 g/mol. The van der Waals surface area contributed by atoms with E-state index in [2.05, 4.69) is 68.4 Å². The van der Waals surface area contributed by atoms with Crippen molar-refractivity contribution in [3.05, 3.63) is 517 Å². The molecule has 0 aliphatic heterocycles. The highest BCUT2D eigenvalue weighted by Crippen LogP contribution is 2.32. The predicted molar refractivity (Wildman–Crippen MR) is 589 cm³/mol. The molecule has 0 amide bonds. The SMILES string of the molecule is COc1ccc2[nH]cc(/C=C/c3nc4ccccc4c(=O)n3-c3ccc(C#Cc4ccccc4)cc3C)c2c1.Cc1cc(C#Cc2ccccc2)ccc1-n1c(/C=C/c2c[nH]c3ccccc23)nc2ccccc2c1=O.Cc1cc(C#Cc2cccs2)ccc1-n1c(/C=C/c2ccc([N+](=O)[O-])o2)nc2ccccc2c1=O.Cc1cc(C#Cc2cccs2)ccc1-n1c(/C=C/c2ccc([N+](=O)[O-])s2)nc2ccccc2c1=O. The van der Waals surface area contributed by atoms with E-state index in [0.29, 0.717) is 83.2 Å². The van der Waals surface area contributed by atoms with Crippen LogP contribution in [0.25, 0.3) is 137 Å². The summed E-state index contributed by atoms with van der Waals surface area (Å²) in [5.74, 6) is 28.1. The number of para-hydroxylation sites is 5. The van der Waals surface area contributed by atoms with E-state index in [1.807, 2.05) is 336 Å². The zero-order chi connectivity index (χ0) is 101. The largest absolute Gasteiger partial charge is 0.497 e. The molecule has 0 saturated carbocycles. The summed E-state index contributed by atoms with van der Waals surface area (Å²) in [4.78, 5) is 104. The van der Waals surface area contributed by atoms with Crippen LogP contribution in [0.15, 0.2) is 368 Å². The second-order valence-corrected chi connectivity index (χ2v) is 36.3. The Labute approximate surface area is 847 Å². The lowest BCUT2D eigenvalue weighted by Gasteiger charge is -2.14. The maximum absolute atomic E-state index is 13.8. The molecule has 0 spiro atoms. The Balaban J connectivity index is 0.000000123. The number of fused-ring (bicyclic) bond motifs is 6. The molecule has 22 rings (SSSR count). The van der Waals surface area contributed by atoms with Gasteiger partial charge in [0.2, 0.25) is 0 Å². The fraction of sp³-hybridized carbons (Fsp3) is 0.0413. The Morgan fingerprint density at radius 3 is 1.08 bits per heavy atom.